The molecular formula is C21H23BrN4O. The number of carbonyl (C=O) groups excluding carboxylic acids is 1. The topological polar surface area (TPSA) is 59.0 Å². The molecule has 6 heteroatoms. The van der Waals surface area contributed by atoms with Crippen molar-refractivity contribution < 1.29 is 4.79 Å². The average molecular weight is 427 g/mol. The van der Waals surface area contributed by atoms with Crippen LogP contribution in [0.1, 0.15) is 22.5 Å². The summed E-state index contributed by atoms with van der Waals surface area (Å²) in [6.45, 7) is 5.48. The van der Waals surface area contributed by atoms with Gasteiger partial charge in [-0.2, -0.15) is 0 Å². The Kier molecular flexibility index (Phi) is 6.29. The molecule has 1 heterocycles. The minimum atomic E-state index is -0.0332. The Labute approximate surface area is 168 Å². The lowest BCUT2D eigenvalue weighted by Crippen LogP contribution is -2.27. The molecule has 5 nitrogen and oxygen atoms in total. The van der Waals surface area contributed by atoms with Gasteiger partial charge in [0.25, 0.3) is 0 Å². The van der Waals surface area contributed by atoms with Crippen LogP contribution < -0.4 is 10.6 Å². The number of rotatable bonds is 7. The smallest absolute Gasteiger partial charge is 0.240 e. The summed E-state index contributed by atoms with van der Waals surface area (Å²) in [5.74, 6) is 0.792. The molecule has 3 aromatic rings. The van der Waals surface area contributed by atoms with Gasteiger partial charge < -0.3 is 15.2 Å². The first-order valence-corrected chi connectivity index (χ1v) is 9.63. The van der Waals surface area contributed by atoms with Crippen LogP contribution in [-0.4, -0.2) is 15.5 Å². The molecule has 140 valence electrons. The van der Waals surface area contributed by atoms with Gasteiger partial charge in [0, 0.05) is 29.1 Å². The Morgan fingerprint density at radius 3 is 2.52 bits per heavy atom. The molecule has 0 aliphatic rings. The molecule has 0 saturated heterocycles. The van der Waals surface area contributed by atoms with Gasteiger partial charge in [-0.25, -0.2) is 4.98 Å². The van der Waals surface area contributed by atoms with E-state index in [-0.39, 0.29) is 12.5 Å². The van der Waals surface area contributed by atoms with Crippen LogP contribution in [0.4, 0.5) is 5.69 Å². The molecule has 0 aliphatic heterocycles. The number of anilines is 1. The molecule has 0 atom stereocenters. The number of nitrogens with one attached hydrogen (secondary N) is 2. The fourth-order valence-electron chi connectivity index (χ4n) is 3.02. The highest BCUT2D eigenvalue weighted by atomic mass is 79.9. The summed E-state index contributed by atoms with van der Waals surface area (Å²) in [4.78, 5) is 16.7. The highest BCUT2D eigenvalue weighted by Crippen LogP contribution is 2.25. The quantitative estimate of drug-likeness (QED) is 0.595. The molecule has 27 heavy (non-hydrogen) atoms. The fourth-order valence-corrected chi connectivity index (χ4v) is 3.70. The van der Waals surface area contributed by atoms with Crippen molar-refractivity contribution in [2.75, 3.05) is 5.32 Å². The number of hydrogen-bond donors (Lipinski definition) is 2. The summed E-state index contributed by atoms with van der Waals surface area (Å²) in [6, 6.07) is 14.1. The lowest BCUT2D eigenvalue weighted by Gasteiger charge is -2.14. The van der Waals surface area contributed by atoms with E-state index in [2.05, 4.69) is 57.5 Å². The standard InChI is InChI=1S/C21H23BrN4O/c1-15-10-18(22)11-16(2)21(15)25-13-19-23-8-9-26(19)14-20(27)24-12-17-6-4-3-5-7-17/h3-11,25H,12-14H2,1-2H3,(H,24,27). The van der Waals surface area contributed by atoms with Crippen molar-refractivity contribution in [2.45, 2.75) is 33.5 Å². The van der Waals surface area contributed by atoms with E-state index in [9.17, 15) is 4.79 Å². The van der Waals surface area contributed by atoms with Crippen molar-refractivity contribution >= 4 is 27.5 Å². The van der Waals surface area contributed by atoms with Crippen molar-refractivity contribution in [1.29, 1.82) is 0 Å². The van der Waals surface area contributed by atoms with E-state index in [1.807, 2.05) is 41.1 Å². The van der Waals surface area contributed by atoms with Gasteiger partial charge in [-0.15, -0.1) is 0 Å². The molecule has 3 rings (SSSR count). The van der Waals surface area contributed by atoms with Crippen molar-refractivity contribution in [3.05, 3.63) is 81.8 Å². The minimum absolute atomic E-state index is 0.0332. The average Bonchev–Trinajstić information content (AvgIpc) is 3.07. The zero-order valence-electron chi connectivity index (χ0n) is 15.5. The van der Waals surface area contributed by atoms with Crippen LogP contribution in [0.3, 0.4) is 0 Å². The molecule has 0 spiro atoms. The van der Waals surface area contributed by atoms with E-state index in [4.69, 9.17) is 0 Å². The summed E-state index contributed by atoms with van der Waals surface area (Å²) in [7, 11) is 0. The summed E-state index contributed by atoms with van der Waals surface area (Å²) in [6.07, 6.45) is 3.56. The number of imidazole rings is 1. The van der Waals surface area contributed by atoms with Crippen molar-refractivity contribution in [3.8, 4) is 0 Å². The second kappa shape index (κ2) is 8.86. The van der Waals surface area contributed by atoms with E-state index >= 15 is 0 Å². The molecular weight excluding hydrogens is 404 g/mol. The third-order valence-corrected chi connectivity index (χ3v) is 4.83. The highest BCUT2D eigenvalue weighted by Gasteiger charge is 2.10. The van der Waals surface area contributed by atoms with Crippen molar-refractivity contribution in [2.24, 2.45) is 0 Å². The minimum Gasteiger partial charge on any atom is -0.377 e. The largest absolute Gasteiger partial charge is 0.377 e. The Balaban J connectivity index is 1.58. The van der Waals surface area contributed by atoms with Gasteiger partial charge in [-0.05, 0) is 42.7 Å². The number of benzene rings is 2. The van der Waals surface area contributed by atoms with E-state index in [0.717, 1.165) is 21.5 Å². The SMILES string of the molecule is Cc1cc(Br)cc(C)c1NCc1nccn1CC(=O)NCc1ccccc1. The maximum Gasteiger partial charge on any atom is 0.240 e. The number of hydrogen-bond acceptors (Lipinski definition) is 3. The van der Waals surface area contributed by atoms with Crippen LogP contribution in [0.15, 0.2) is 59.3 Å². The van der Waals surface area contributed by atoms with Gasteiger partial charge in [0.1, 0.15) is 12.4 Å². The van der Waals surface area contributed by atoms with Crippen LogP contribution in [-0.2, 0) is 24.4 Å². The normalized spacial score (nSPS) is 10.6. The number of halogens is 1. The zero-order chi connectivity index (χ0) is 19.2. The molecule has 0 fully saturated rings. The third kappa shape index (κ3) is 5.20. The first kappa shape index (κ1) is 19.2. The summed E-state index contributed by atoms with van der Waals surface area (Å²) < 4.78 is 2.94. The molecule has 0 aliphatic carbocycles. The van der Waals surface area contributed by atoms with Gasteiger partial charge in [0.2, 0.25) is 5.91 Å². The molecule has 0 radical (unpaired) electrons. The van der Waals surface area contributed by atoms with Gasteiger partial charge in [-0.3, -0.25) is 4.79 Å². The van der Waals surface area contributed by atoms with E-state index in [0.29, 0.717) is 13.1 Å². The number of amides is 1. The molecule has 0 saturated carbocycles. The van der Waals surface area contributed by atoms with Crippen LogP contribution in [0.25, 0.3) is 0 Å². The molecule has 0 unspecified atom stereocenters. The van der Waals surface area contributed by atoms with Gasteiger partial charge in [0.15, 0.2) is 0 Å². The van der Waals surface area contributed by atoms with E-state index < -0.39 is 0 Å². The fraction of sp³-hybridized carbons (Fsp3) is 0.238. The monoisotopic (exact) mass is 426 g/mol. The lowest BCUT2D eigenvalue weighted by molar-refractivity contribution is -0.121. The summed E-state index contributed by atoms with van der Waals surface area (Å²) >= 11 is 3.52. The predicted octanol–water partition coefficient (Wildman–Crippen LogP) is 4.19. The van der Waals surface area contributed by atoms with Crippen LogP contribution in [0, 0.1) is 13.8 Å². The molecule has 0 bridgehead atoms. The van der Waals surface area contributed by atoms with Crippen LogP contribution in [0.2, 0.25) is 0 Å². The summed E-state index contributed by atoms with van der Waals surface area (Å²) in [5, 5.41) is 6.40. The maximum atomic E-state index is 12.3. The number of aryl methyl sites for hydroxylation is 2. The highest BCUT2D eigenvalue weighted by molar-refractivity contribution is 9.10. The Hall–Kier alpha value is -2.60. The lowest BCUT2D eigenvalue weighted by atomic mass is 10.1. The molecule has 2 N–H and O–H groups in total. The van der Waals surface area contributed by atoms with Crippen molar-refractivity contribution in [1.82, 2.24) is 14.9 Å². The number of carbonyl (C=O) groups is 1. The first-order chi connectivity index (χ1) is 13.0. The van der Waals surface area contributed by atoms with Gasteiger partial charge in [-0.1, -0.05) is 46.3 Å². The molecule has 2 aromatic carbocycles. The van der Waals surface area contributed by atoms with E-state index in [1.165, 1.54) is 11.1 Å². The summed E-state index contributed by atoms with van der Waals surface area (Å²) in [5.41, 5.74) is 4.52. The maximum absolute atomic E-state index is 12.3. The van der Waals surface area contributed by atoms with Gasteiger partial charge >= 0.3 is 0 Å². The first-order valence-electron chi connectivity index (χ1n) is 8.84. The van der Waals surface area contributed by atoms with Crippen molar-refractivity contribution in [3.63, 3.8) is 0 Å². The number of aromatic nitrogens is 2. The third-order valence-electron chi connectivity index (χ3n) is 4.37. The van der Waals surface area contributed by atoms with E-state index in [1.54, 1.807) is 6.20 Å². The second-order valence-corrected chi connectivity index (χ2v) is 7.42. The second-order valence-electron chi connectivity index (χ2n) is 6.50. The Morgan fingerprint density at radius 2 is 1.81 bits per heavy atom. The Bertz CT molecular complexity index is 898. The molecule has 1 amide bonds. The zero-order valence-corrected chi connectivity index (χ0v) is 17.1. The molecule has 1 aromatic heterocycles. The van der Waals surface area contributed by atoms with Crippen LogP contribution in [0.5, 0.6) is 0 Å². The Morgan fingerprint density at radius 1 is 1.11 bits per heavy atom. The predicted molar refractivity (Wildman–Crippen MR) is 111 cm³/mol. The van der Waals surface area contributed by atoms with Crippen LogP contribution >= 0.6 is 15.9 Å². The van der Waals surface area contributed by atoms with Gasteiger partial charge in [0.05, 0.1) is 6.54 Å². The number of nitrogens with zero attached hydrogens (tertiary/aromatic N) is 2.